The Morgan fingerprint density at radius 3 is 2.33 bits per heavy atom. The van der Waals surface area contributed by atoms with Crippen LogP contribution in [0, 0.1) is 11.8 Å². The molecule has 3 rings (SSSR count). The number of nitrogens with one attached hydrogen (secondary N) is 4. The van der Waals surface area contributed by atoms with E-state index in [1.165, 1.54) is 5.01 Å². The molecule has 6 atom stereocenters. The van der Waals surface area contributed by atoms with E-state index in [1.807, 2.05) is 32.9 Å². The van der Waals surface area contributed by atoms with Crippen molar-refractivity contribution in [1.29, 1.82) is 0 Å². The maximum atomic E-state index is 13.5. The molecular weight excluding hydrogens is 583 g/mol. The van der Waals surface area contributed by atoms with Gasteiger partial charge in [-0.1, -0.05) is 71.9 Å². The summed E-state index contributed by atoms with van der Waals surface area (Å²) < 4.78 is 6.98. The van der Waals surface area contributed by atoms with E-state index >= 15 is 0 Å². The molecule has 0 aliphatic carbocycles. The largest absolute Gasteiger partial charge is 0.414 e. The van der Waals surface area contributed by atoms with Crippen molar-refractivity contribution in [2.75, 3.05) is 13.1 Å². The van der Waals surface area contributed by atoms with Gasteiger partial charge in [-0.15, -0.1) is 0 Å². The average Bonchev–Trinajstić information content (AvgIpc) is 2.97. The lowest BCUT2D eigenvalue weighted by Gasteiger charge is -2.41. The number of hydrogen-bond acceptors (Lipinski definition) is 6. The van der Waals surface area contributed by atoms with Crippen LogP contribution in [0.3, 0.4) is 0 Å². The maximum Gasteiger partial charge on any atom is 0.258 e. The Labute approximate surface area is 272 Å². The summed E-state index contributed by atoms with van der Waals surface area (Å²) in [6, 6.07) is 6.31. The van der Waals surface area contributed by atoms with Crippen LogP contribution in [0.25, 0.3) is 6.08 Å². The molecule has 1 saturated heterocycles. The molecule has 0 spiro atoms. The van der Waals surface area contributed by atoms with Crippen LogP contribution < -0.4 is 21.4 Å². The summed E-state index contributed by atoms with van der Waals surface area (Å²) in [5.41, 5.74) is 5.22. The number of benzene rings is 1. The monoisotopic (exact) mass is 641 g/mol. The van der Waals surface area contributed by atoms with Crippen molar-refractivity contribution in [1.82, 2.24) is 26.4 Å². The summed E-state index contributed by atoms with van der Waals surface area (Å²) in [5.74, 6) is -0.418. The average molecular weight is 642 g/mol. The van der Waals surface area contributed by atoms with Gasteiger partial charge in [0, 0.05) is 19.2 Å². The summed E-state index contributed by atoms with van der Waals surface area (Å²) >= 11 is 0. The second-order valence-corrected chi connectivity index (χ2v) is 19.7. The summed E-state index contributed by atoms with van der Waals surface area (Å²) in [6.07, 6.45) is 7.42. The third kappa shape index (κ3) is 10.2. The molecule has 4 bridgehead atoms. The minimum atomic E-state index is -2.05. The van der Waals surface area contributed by atoms with E-state index in [0.29, 0.717) is 25.9 Å². The molecule has 2 aliphatic heterocycles. The van der Waals surface area contributed by atoms with Crippen molar-refractivity contribution in [2.45, 2.75) is 129 Å². The van der Waals surface area contributed by atoms with Gasteiger partial charge in [-0.25, -0.2) is 5.43 Å². The summed E-state index contributed by atoms with van der Waals surface area (Å²) in [6.45, 7) is 22.4. The molecule has 252 valence electrons. The normalized spacial score (nSPS) is 28.6. The van der Waals surface area contributed by atoms with Crippen LogP contribution in [0.4, 0.5) is 0 Å². The maximum absolute atomic E-state index is 13.5. The molecule has 10 heteroatoms. The molecule has 45 heavy (non-hydrogen) atoms. The first-order chi connectivity index (χ1) is 21.0. The van der Waals surface area contributed by atoms with Gasteiger partial charge >= 0.3 is 0 Å². The van der Waals surface area contributed by atoms with Gasteiger partial charge in [0.05, 0.1) is 12.1 Å². The molecule has 1 aromatic rings. The summed E-state index contributed by atoms with van der Waals surface area (Å²) in [7, 11) is -2.05. The van der Waals surface area contributed by atoms with E-state index < -0.39 is 26.4 Å². The SMILES string of the molecule is CC1NC(=O)C(C(C)C)NCC(C)C(O[Si](C)(C)C(C)(C)C)CCC=Cc2cccc(c2)C(C)NC(=O)C2CCCN(N2)C1=O. The molecule has 4 N–H and O–H groups in total. The zero-order valence-corrected chi connectivity index (χ0v) is 30.3. The van der Waals surface area contributed by atoms with Crippen LogP contribution in [0.1, 0.15) is 98.2 Å². The number of carbonyl (C=O) groups excluding carboxylic acids is 3. The summed E-state index contributed by atoms with van der Waals surface area (Å²) in [4.78, 5) is 40.1. The van der Waals surface area contributed by atoms with Crippen LogP contribution in [0.2, 0.25) is 18.1 Å². The van der Waals surface area contributed by atoms with Crippen molar-refractivity contribution >= 4 is 32.1 Å². The Bertz CT molecular complexity index is 1200. The van der Waals surface area contributed by atoms with Gasteiger partial charge in [-0.05, 0) is 86.7 Å². The lowest BCUT2D eigenvalue weighted by atomic mass is 9.97. The topological polar surface area (TPSA) is 112 Å². The van der Waals surface area contributed by atoms with E-state index in [9.17, 15) is 14.4 Å². The predicted molar refractivity (Wildman–Crippen MR) is 185 cm³/mol. The van der Waals surface area contributed by atoms with E-state index in [0.717, 1.165) is 24.0 Å². The van der Waals surface area contributed by atoms with Crippen LogP contribution in [-0.2, 0) is 18.8 Å². The van der Waals surface area contributed by atoms with E-state index in [2.05, 4.69) is 86.4 Å². The molecule has 0 aromatic heterocycles. The molecule has 2 aliphatic rings. The molecule has 0 saturated carbocycles. The quantitative estimate of drug-likeness (QED) is 0.333. The molecule has 3 amide bonds. The molecule has 9 nitrogen and oxygen atoms in total. The highest BCUT2D eigenvalue weighted by Gasteiger charge is 2.40. The van der Waals surface area contributed by atoms with Gasteiger partial charge in [0.1, 0.15) is 12.1 Å². The standard InChI is InChI=1S/C35H59N5O4Si/c1-23(2)31-33(42)38-26(5)34(43)40-20-14-18-29(39-40)32(41)37-25(4)28-17-13-16-27(21-28)15-11-12-19-30(24(3)22-36-31)44-45(9,10)35(6,7)8/h11,13,15-17,21,23-26,29-31,36,39H,12,14,18-20,22H2,1-10H3,(H,37,41)(H,38,42). The third-order valence-corrected chi connectivity index (χ3v) is 14.2. The number of carbonyl (C=O) groups is 3. The number of hydrazine groups is 1. The summed E-state index contributed by atoms with van der Waals surface area (Å²) in [5, 5.41) is 11.1. The van der Waals surface area contributed by atoms with Gasteiger partial charge in [-0.3, -0.25) is 19.4 Å². The highest BCUT2D eigenvalue weighted by molar-refractivity contribution is 6.74. The number of hydrogen-bond donors (Lipinski definition) is 4. The van der Waals surface area contributed by atoms with Crippen LogP contribution in [-0.4, -0.2) is 68.4 Å². The number of nitrogens with zero attached hydrogens (tertiary/aromatic N) is 1. The van der Waals surface area contributed by atoms with E-state index in [4.69, 9.17) is 4.43 Å². The lowest BCUT2D eigenvalue weighted by Crippen LogP contribution is -2.61. The molecular formula is C35H59N5O4Si. The molecule has 0 radical (unpaired) electrons. The highest BCUT2D eigenvalue weighted by atomic mass is 28.4. The third-order valence-electron chi connectivity index (χ3n) is 9.69. The number of fused-ring (bicyclic) bond motifs is 4. The second kappa shape index (κ2) is 15.8. The molecule has 6 unspecified atom stereocenters. The minimum absolute atomic E-state index is 0.0201. The van der Waals surface area contributed by atoms with Crippen LogP contribution in [0.15, 0.2) is 30.3 Å². The molecule has 2 heterocycles. The van der Waals surface area contributed by atoms with Crippen molar-refractivity contribution in [3.05, 3.63) is 41.5 Å². The van der Waals surface area contributed by atoms with Crippen LogP contribution >= 0.6 is 0 Å². The first-order valence-electron chi connectivity index (χ1n) is 16.9. The Balaban J connectivity index is 1.91. The van der Waals surface area contributed by atoms with Crippen molar-refractivity contribution in [3.8, 4) is 0 Å². The Hall–Kier alpha value is -2.53. The Morgan fingerprint density at radius 1 is 0.978 bits per heavy atom. The first-order valence-corrected chi connectivity index (χ1v) is 19.8. The van der Waals surface area contributed by atoms with Gasteiger partial charge in [-0.2, -0.15) is 0 Å². The van der Waals surface area contributed by atoms with E-state index in [-0.39, 0.29) is 46.7 Å². The Morgan fingerprint density at radius 2 is 1.67 bits per heavy atom. The van der Waals surface area contributed by atoms with E-state index in [1.54, 1.807) is 6.92 Å². The van der Waals surface area contributed by atoms with Crippen molar-refractivity contribution in [2.24, 2.45) is 11.8 Å². The zero-order valence-electron chi connectivity index (χ0n) is 29.3. The highest BCUT2D eigenvalue weighted by Crippen LogP contribution is 2.38. The second-order valence-electron chi connectivity index (χ2n) is 14.9. The predicted octanol–water partition coefficient (Wildman–Crippen LogP) is 5.31. The number of allylic oxidation sites excluding steroid dienone is 1. The zero-order chi connectivity index (χ0) is 33.5. The molecule has 1 aromatic carbocycles. The van der Waals surface area contributed by atoms with Crippen molar-refractivity contribution < 1.29 is 18.8 Å². The van der Waals surface area contributed by atoms with Gasteiger partial charge in [0.15, 0.2) is 8.32 Å². The van der Waals surface area contributed by atoms with Gasteiger partial charge in [0.2, 0.25) is 11.8 Å². The van der Waals surface area contributed by atoms with Crippen LogP contribution in [0.5, 0.6) is 0 Å². The lowest BCUT2D eigenvalue weighted by molar-refractivity contribution is -0.143. The first kappa shape index (κ1) is 36.9. The fraction of sp³-hybridized carbons (Fsp3) is 0.686. The number of rotatable bonds is 3. The Kier molecular flexibility index (Phi) is 13.0. The van der Waals surface area contributed by atoms with Gasteiger partial charge in [0.25, 0.3) is 5.91 Å². The molecule has 1 fully saturated rings. The van der Waals surface area contributed by atoms with Gasteiger partial charge < -0.3 is 20.4 Å². The van der Waals surface area contributed by atoms with Crippen molar-refractivity contribution in [3.63, 3.8) is 0 Å². The smallest absolute Gasteiger partial charge is 0.258 e. The minimum Gasteiger partial charge on any atom is -0.414 e. The number of amides is 3. The fourth-order valence-corrected chi connectivity index (χ4v) is 7.09. The fourth-order valence-electron chi connectivity index (χ4n) is 5.63.